The molecule has 0 N–H and O–H groups in total. The van der Waals surface area contributed by atoms with Crippen molar-refractivity contribution >= 4 is 8.80 Å². The maximum Gasteiger partial charge on any atom is 0.502 e. The molecule has 0 atom stereocenters. The van der Waals surface area contributed by atoms with Gasteiger partial charge in [0, 0.05) is 40.5 Å². The summed E-state index contributed by atoms with van der Waals surface area (Å²) in [5.41, 5.74) is 0. The summed E-state index contributed by atoms with van der Waals surface area (Å²) in [6, 6.07) is 0.696. The summed E-state index contributed by atoms with van der Waals surface area (Å²) in [5.74, 6) is 0. The van der Waals surface area contributed by atoms with Crippen LogP contribution in [-0.2, 0) is 18.0 Å². The van der Waals surface area contributed by atoms with Gasteiger partial charge in [-0.05, 0) is 19.5 Å². The van der Waals surface area contributed by atoms with E-state index in [2.05, 4.69) is 18.7 Å². The van der Waals surface area contributed by atoms with Gasteiger partial charge in [0.05, 0.1) is 6.61 Å². The van der Waals surface area contributed by atoms with Crippen LogP contribution < -0.4 is 0 Å². The number of rotatable bonds is 12. The highest BCUT2D eigenvalue weighted by Crippen LogP contribution is 2.12. The minimum absolute atomic E-state index is 0.625. The van der Waals surface area contributed by atoms with E-state index in [0.29, 0.717) is 12.7 Å². The predicted molar refractivity (Wildman–Crippen MR) is 74.8 cm³/mol. The largest absolute Gasteiger partial charge is 0.502 e. The average molecular weight is 279 g/mol. The summed E-state index contributed by atoms with van der Waals surface area (Å²) in [7, 11) is 2.43. The molecular formula is C12H29NO4Si. The summed E-state index contributed by atoms with van der Waals surface area (Å²) in [5, 5.41) is 0. The standard InChI is InChI=1S/C12H29NO4Si/c1-6-13(7-2)9-8-10-17-11-12-18(14-3,15-4)16-5/h6-12H2,1-5H3. The Bertz CT molecular complexity index is 179. The Morgan fingerprint density at radius 2 is 1.44 bits per heavy atom. The van der Waals surface area contributed by atoms with E-state index in [1.54, 1.807) is 21.3 Å². The topological polar surface area (TPSA) is 40.2 Å². The van der Waals surface area contributed by atoms with Gasteiger partial charge in [-0.25, -0.2) is 0 Å². The molecule has 0 saturated heterocycles. The molecular weight excluding hydrogens is 250 g/mol. The van der Waals surface area contributed by atoms with Crippen LogP contribution in [0.25, 0.3) is 0 Å². The van der Waals surface area contributed by atoms with Crippen molar-refractivity contribution in [2.24, 2.45) is 0 Å². The van der Waals surface area contributed by atoms with E-state index < -0.39 is 8.80 Å². The van der Waals surface area contributed by atoms with Crippen LogP contribution in [0.5, 0.6) is 0 Å². The van der Waals surface area contributed by atoms with Gasteiger partial charge in [-0.15, -0.1) is 0 Å². The zero-order valence-electron chi connectivity index (χ0n) is 12.5. The van der Waals surface area contributed by atoms with Crippen molar-refractivity contribution in [1.82, 2.24) is 4.90 Å². The van der Waals surface area contributed by atoms with Gasteiger partial charge in [-0.1, -0.05) is 13.8 Å². The normalized spacial score (nSPS) is 12.3. The van der Waals surface area contributed by atoms with Crippen LogP contribution in [0.4, 0.5) is 0 Å². The highest BCUT2D eigenvalue weighted by Gasteiger charge is 2.37. The molecule has 0 spiro atoms. The summed E-state index contributed by atoms with van der Waals surface area (Å²) < 4.78 is 21.6. The first-order chi connectivity index (χ1) is 8.67. The van der Waals surface area contributed by atoms with Crippen molar-refractivity contribution in [2.75, 3.05) is 54.2 Å². The first-order valence-corrected chi connectivity index (χ1v) is 8.56. The molecule has 0 aromatic rings. The molecule has 0 aromatic heterocycles. The SMILES string of the molecule is CCN(CC)CCCOCC[Si](OC)(OC)OC. The molecule has 0 rings (SSSR count). The first-order valence-electron chi connectivity index (χ1n) is 6.63. The van der Waals surface area contributed by atoms with Crippen LogP contribution in [0.1, 0.15) is 20.3 Å². The van der Waals surface area contributed by atoms with Crippen LogP contribution in [0, 0.1) is 0 Å². The van der Waals surface area contributed by atoms with Crippen LogP contribution in [-0.4, -0.2) is 67.9 Å². The predicted octanol–water partition coefficient (Wildman–Crippen LogP) is 1.61. The maximum atomic E-state index is 5.60. The molecule has 0 radical (unpaired) electrons. The molecule has 0 amide bonds. The third-order valence-electron chi connectivity index (χ3n) is 3.14. The summed E-state index contributed by atoms with van der Waals surface area (Å²) in [6.45, 7) is 9.06. The number of ether oxygens (including phenoxy) is 1. The third-order valence-corrected chi connectivity index (χ3v) is 5.83. The lowest BCUT2D eigenvalue weighted by Gasteiger charge is -2.24. The Kier molecular flexibility index (Phi) is 10.9. The van der Waals surface area contributed by atoms with E-state index in [1.165, 1.54) is 0 Å². The van der Waals surface area contributed by atoms with Crippen molar-refractivity contribution in [1.29, 1.82) is 0 Å². The van der Waals surface area contributed by atoms with Crippen LogP contribution in [0.15, 0.2) is 0 Å². The van der Waals surface area contributed by atoms with Gasteiger partial charge in [0.15, 0.2) is 0 Å². The highest BCUT2D eigenvalue weighted by molar-refractivity contribution is 6.60. The van der Waals surface area contributed by atoms with Crippen molar-refractivity contribution in [3.05, 3.63) is 0 Å². The zero-order chi connectivity index (χ0) is 13.9. The molecule has 5 nitrogen and oxygen atoms in total. The van der Waals surface area contributed by atoms with Crippen molar-refractivity contribution in [3.8, 4) is 0 Å². The Morgan fingerprint density at radius 1 is 0.889 bits per heavy atom. The van der Waals surface area contributed by atoms with Gasteiger partial charge in [-0.2, -0.15) is 0 Å². The fourth-order valence-corrected chi connectivity index (χ4v) is 3.29. The van der Waals surface area contributed by atoms with E-state index in [9.17, 15) is 0 Å². The summed E-state index contributed by atoms with van der Waals surface area (Å²) >= 11 is 0. The second-order valence-corrected chi connectivity index (χ2v) is 7.13. The van der Waals surface area contributed by atoms with Gasteiger partial charge >= 0.3 is 8.80 Å². The van der Waals surface area contributed by atoms with Gasteiger partial charge in [0.1, 0.15) is 0 Å². The molecule has 0 aliphatic carbocycles. The Hall–Kier alpha value is 0.0169. The molecule has 0 heterocycles. The van der Waals surface area contributed by atoms with E-state index in [1.807, 2.05) is 0 Å². The highest BCUT2D eigenvalue weighted by atomic mass is 28.4. The second kappa shape index (κ2) is 10.9. The molecule has 6 heteroatoms. The van der Waals surface area contributed by atoms with Gasteiger partial charge < -0.3 is 22.9 Å². The van der Waals surface area contributed by atoms with E-state index in [-0.39, 0.29) is 0 Å². The van der Waals surface area contributed by atoms with E-state index >= 15 is 0 Å². The number of hydrogen-bond donors (Lipinski definition) is 0. The smallest absolute Gasteiger partial charge is 0.381 e. The molecule has 0 aliphatic heterocycles. The van der Waals surface area contributed by atoms with Gasteiger partial charge in [-0.3, -0.25) is 0 Å². The second-order valence-electron chi connectivity index (χ2n) is 4.04. The minimum atomic E-state index is -2.45. The summed E-state index contributed by atoms with van der Waals surface area (Å²) in [6.07, 6.45) is 1.06. The lowest BCUT2D eigenvalue weighted by atomic mass is 10.4. The third kappa shape index (κ3) is 6.82. The average Bonchev–Trinajstić information content (AvgIpc) is 2.43. The number of hydrogen-bond acceptors (Lipinski definition) is 5. The molecule has 110 valence electrons. The van der Waals surface area contributed by atoms with Crippen molar-refractivity contribution in [2.45, 2.75) is 26.3 Å². The van der Waals surface area contributed by atoms with Gasteiger partial charge in [0.2, 0.25) is 0 Å². The Balaban J connectivity index is 3.61. The summed E-state index contributed by atoms with van der Waals surface area (Å²) in [4.78, 5) is 2.39. The molecule has 0 bridgehead atoms. The minimum Gasteiger partial charge on any atom is -0.381 e. The quantitative estimate of drug-likeness (QED) is 0.401. The molecule has 0 aliphatic rings. The Labute approximate surface area is 113 Å². The maximum absolute atomic E-state index is 5.60. The van der Waals surface area contributed by atoms with Crippen molar-refractivity contribution in [3.63, 3.8) is 0 Å². The lowest BCUT2D eigenvalue weighted by molar-refractivity contribution is 0.0916. The van der Waals surface area contributed by atoms with Crippen LogP contribution in [0.3, 0.4) is 0 Å². The van der Waals surface area contributed by atoms with Crippen LogP contribution in [0.2, 0.25) is 6.04 Å². The fraction of sp³-hybridized carbons (Fsp3) is 1.00. The molecule has 0 saturated carbocycles. The Morgan fingerprint density at radius 3 is 1.89 bits per heavy atom. The molecule has 0 unspecified atom stereocenters. The van der Waals surface area contributed by atoms with Crippen LogP contribution >= 0.6 is 0 Å². The zero-order valence-corrected chi connectivity index (χ0v) is 13.5. The first kappa shape index (κ1) is 18.0. The number of nitrogens with zero attached hydrogens (tertiary/aromatic N) is 1. The fourth-order valence-electron chi connectivity index (χ4n) is 1.79. The monoisotopic (exact) mass is 279 g/mol. The molecule has 0 aromatic carbocycles. The molecule has 18 heavy (non-hydrogen) atoms. The van der Waals surface area contributed by atoms with E-state index in [4.69, 9.17) is 18.0 Å². The molecule has 0 fully saturated rings. The van der Waals surface area contributed by atoms with Gasteiger partial charge in [0.25, 0.3) is 0 Å². The lowest BCUT2D eigenvalue weighted by Crippen LogP contribution is -2.43. The van der Waals surface area contributed by atoms with Crippen molar-refractivity contribution < 1.29 is 18.0 Å². The van der Waals surface area contributed by atoms with E-state index in [0.717, 1.165) is 32.7 Å².